The lowest BCUT2D eigenvalue weighted by atomic mass is 10.2. The first-order chi connectivity index (χ1) is 15.6. The number of aliphatic hydroxyl groups excluding tert-OH is 1. The number of fused-ring (bicyclic) bond motifs is 1. The van der Waals surface area contributed by atoms with Crippen molar-refractivity contribution >= 4 is 38.5 Å². The molecular formula is C23H25FN6OS. The zero-order chi connectivity index (χ0) is 22.3. The maximum Gasteiger partial charge on any atom is 0.190 e. The Bertz CT molecular complexity index is 1150. The fourth-order valence-electron chi connectivity index (χ4n) is 3.08. The van der Waals surface area contributed by atoms with Crippen molar-refractivity contribution in [2.24, 2.45) is 0 Å². The summed E-state index contributed by atoms with van der Waals surface area (Å²) in [6.45, 7) is 3.38. The van der Waals surface area contributed by atoms with Gasteiger partial charge in [-0.2, -0.15) is 0 Å². The number of nitrogens with one attached hydrogen (secondary N) is 3. The topological polar surface area (TPSA) is 95.0 Å². The van der Waals surface area contributed by atoms with Gasteiger partial charge in [0.05, 0.1) is 6.61 Å². The van der Waals surface area contributed by atoms with Crippen molar-refractivity contribution in [1.82, 2.24) is 20.3 Å². The van der Waals surface area contributed by atoms with Crippen molar-refractivity contribution in [3.8, 4) is 0 Å². The van der Waals surface area contributed by atoms with Crippen LogP contribution in [-0.2, 0) is 13.1 Å². The van der Waals surface area contributed by atoms with Gasteiger partial charge in [-0.15, -0.1) is 0 Å². The molecule has 0 saturated carbocycles. The van der Waals surface area contributed by atoms with Crippen LogP contribution in [-0.4, -0.2) is 32.7 Å². The van der Waals surface area contributed by atoms with E-state index in [-0.39, 0.29) is 18.5 Å². The number of hydrogen-bond acceptors (Lipinski definition) is 8. The van der Waals surface area contributed by atoms with E-state index in [1.807, 2.05) is 37.4 Å². The molecule has 3 aromatic heterocycles. The number of benzene rings is 1. The van der Waals surface area contributed by atoms with E-state index in [1.165, 1.54) is 23.5 Å². The van der Waals surface area contributed by atoms with Gasteiger partial charge in [-0.05, 0) is 47.9 Å². The molecule has 0 amide bonds. The molecule has 1 aromatic carbocycles. The summed E-state index contributed by atoms with van der Waals surface area (Å²) in [5.41, 5.74) is 2.83. The molecule has 0 fully saturated rings. The highest BCUT2D eigenvalue weighted by molar-refractivity contribution is 7.21. The monoisotopic (exact) mass is 452 g/mol. The summed E-state index contributed by atoms with van der Waals surface area (Å²) in [5, 5.41) is 19.8. The van der Waals surface area contributed by atoms with E-state index in [1.54, 1.807) is 12.1 Å². The minimum Gasteiger partial charge on any atom is -0.395 e. The summed E-state index contributed by atoms with van der Waals surface area (Å²) in [6.07, 6.45) is 2.68. The SMILES string of the molecule is CCC(CO)NCc1ccc(Nc2nc3ccc(NCc4ccc(F)cc4)nc3s2)nc1. The van der Waals surface area contributed by atoms with Crippen LogP contribution in [0.25, 0.3) is 10.3 Å². The summed E-state index contributed by atoms with van der Waals surface area (Å²) < 4.78 is 13.0. The fourth-order valence-corrected chi connectivity index (χ4v) is 3.92. The Morgan fingerprint density at radius 2 is 1.75 bits per heavy atom. The molecule has 0 aliphatic carbocycles. The predicted octanol–water partition coefficient (Wildman–Crippen LogP) is 4.44. The zero-order valence-electron chi connectivity index (χ0n) is 17.7. The van der Waals surface area contributed by atoms with E-state index < -0.39 is 0 Å². The van der Waals surface area contributed by atoms with Crippen molar-refractivity contribution in [1.29, 1.82) is 0 Å². The van der Waals surface area contributed by atoms with E-state index in [9.17, 15) is 9.50 Å². The van der Waals surface area contributed by atoms with Gasteiger partial charge in [0, 0.05) is 25.3 Å². The maximum atomic E-state index is 13.0. The second kappa shape index (κ2) is 10.4. The number of aromatic nitrogens is 3. The number of rotatable bonds is 10. The lowest BCUT2D eigenvalue weighted by molar-refractivity contribution is 0.238. The second-order valence-corrected chi connectivity index (χ2v) is 8.34. The zero-order valence-corrected chi connectivity index (χ0v) is 18.5. The van der Waals surface area contributed by atoms with Crippen molar-refractivity contribution in [2.45, 2.75) is 32.5 Å². The Labute approximate surface area is 189 Å². The first-order valence-electron chi connectivity index (χ1n) is 10.4. The van der Waals surface area contributed by atoms with Crippen LogP contribution in [0.1, 0.15) is 24.5 Å². The van der Waals surface area contributed by atoms with Crippen LogP contribution in [0.2, 0.25) is 0 Å². The van der Waals surface area contributed by atoms with Crippen LogP contribution >= 0.6 is 11.3 Å². The highest BCUT2D eigenvalue weighted by Crippen LogP contribution is 2.27. The number of thiazole rings is 1. The smallest absolute Gasteiger partial charge is 0.190 e. The Hall–Kier alpha value is -3.14. The van der Waals surface area contributed by atoms with Gasteiger partial charge in [0.1, 0.15) is 27.8 Å². The molecule has 0 spiro atoms. The number of halogens is 1. The first kappa shape index (κ1) is 22.1. The summed E-state index contributed by atoms with van der Waals surface area (Å²) in [6, 6.07) is 14.2. The van der Waals surface area contributed by atoms with Crippen molar-refractivity contribution in [3.63, 3.8) is 0 Å². The van der Waals surface area contributed by atoms with Gasteiger partial charge in [-0.1, -0.05) is 36.5 Å². The molecule has 9 heteroatoms. The largest absolute Gasteiger partial charge is 0.395 e. The third-order valence-electron chi connectivity index (χ3n) is 5.01. The van der Waals surface area contributed by atoms with Crippen molar-refractivity contribution in [3.05, 3.63) is 71.7 Å². The van der Waals surface area contributed by atoms with E-state index in [0.29, 0.717) is 24.0 Å². The standard InChI is InChI=1S/C23H25FN6OS/c1-2-18(14-31)25-12-16-5-9-21(27-13-16)30-23-28-19-8-10-20(29-22(19)32-23)26-11-15-3-6-17(24)7-4-15/h3-10,13,18,25,31H,2,11-12,14H2,1H3,(H,26,29)(H,27,28,30). The third kappa shape index (κ3) is 5.76. The molecule has 7 nitrogen and oxygen atoms in total. The van der Waals surface area contributed by atoms with Gasteiger partial charge >= 0.3 is 0 Å². The minimum absolute atomic E-state index is 0.0955. The van der Waals surface area contributed by atoms with Crippen LogP contribution in [0.3, 0.4) is 0 Å². The number of hydrogen-bond donors (Lipinski definition) is 4. The molecule has 4 N–H and O–H groups in total. The molecular weight excluding hydrogens is 427 g/mol. The van der Waals surface area contributed by atoms with Gasteiger partial charge in [-0.3, -0.25) is 0 Å². The summed E-state index contributed by atoms with van der Waals surface area (Å²) in [7, 11) is 0. The van der Waals surface area contributed by atoms with Gasteiger partial charge in [0.25, 0.3) is 0 Å². The average molecular weight is 453 g/mol. The first-order valence-corrected chi connectivity index (χ1v) is 11.3. The maximum absolute atomic E-state index is 13.0. The molecule has 0 saturated heterocycles. The summed E-state index contributed by atoms with van der Waals surface area (Å²) >= 11 is 1.45. The molecule has 32 heavy (non-hydrogen) atoms. The van der Waals surface area contributed by atoms with Crippen molar-refractivity contribution < 1.29 is 9.50 Å². The molecule has 1 unspecified atom stereocenters. The average Bonchev–Trinajstić information content (AvgIpc) is 3.22. The van der Waals surface area contributed by atoms with Crippen LogP contribution < -0.4 is 16.0 Å². The van der Waals surface area contributed by atoms with Crippen LogP contribution in [0, 0.1) is 5.82 Å². The third-order valence-corrected chi connectivity index (χ3v) is 5.89. The lowest BCUT2D eigenvalue weighted by Crippen LogP contribution is -2.31. The summed E-state index contributed by atoms with van der Waals surface area (Å²) in [5.74, 6) is 1.20. The quantitative estimate of drug-likeness (QED) is 0.283. The molecule has 4 aromatic rings. The van der Waals surface area contributed by atoms with E-state index in [2.05, 4.69) is 30.9 Å². The van der Waals surface area contributed by atoms with E-state index >= 15 is 0 Å². The molecule has 1 atom stereocenters. The Morgan fingerprint density at radius 1 is 0.969 bits per heavy atom. The molecule has 0 bridgehead atoms. The molecule has 0 aliphatic heterocycles. The molecule has 0 radical (unpaired) electrons. The molecule has 0 aliphatic rings. The van der Waals surface area contributed by atoms with Crippen LogP contribution in [0.15, 0.2) is 54.7 Å². The Morgan fingerprint density at radius 3 is 2.47 bits per heavy atom. The predicted molar refractivity (Wildman–Crippen MR) is 127 cm³/mol. The van der Waals surface area contributed by atoms with E-state index in [0.717, 1.165) is 33.7 Å². The van der Waals surface area contributed by atoms with Gasteiger partial charge in [0.15, 0.2) is 5.13 Å². The van der Waals surface area contributed by atoms with Crippen LogP contribution in [0.5, 0.6) is 0 Å². The normalized spacial score (nSPS) is 12.1. The fraction of sp³-hybridized carbons (Fsp3) is 0.261. The number of anilines is 3. The Kier molecular flexibility index (Phi) is 7.21. The van der Waals surface area contributed by atoms with Gasteiger partial charge in [-0.25, -0.2) is 19.3 Å². The van der Waals surface area contributed by atoms with Crippen molar-refractivity contribution in [2.75, 3.05) is 17.2 Å². The van der Waals surface area contributed by atoms with Crippen LogP contribution in [0.4, 0.5) is 21.2 Å². The molecule has 4 rings (SSSR count). The highest BCUT2D eigenvalue weighted by atomic mass is 32.1. The number of aliphatic hydroxyl groups is 1. The lowest BCUT2D eigenvalue weighted by Gasteiger charge is -2.13. The van der Waals surface area contributed by atoms with Gasteiger partial charge < -0.3 is 21.1 Å². The Balaban J connectivity index is 1.36. The number of nitrogens with zero attached hydrogens (tertiary/aromatic N) is 3. The highest BCUT2D eigenvalue weighted by Gasteiger charge is 2.08. The summed E-state index contributed by atoms with van der Waals surface area (Å²) in [4.78, 5) is 14.5. The molecule has 3 heterocycles. The molecule has 166 valence electrons. The second-order valence-electron chi connectivity index (χ2n) is 7.37. The van der Waals surface area contributed by atoms with Gasteiger partial charge in [0.2, 0.25) is 0 Å². The van der Waals surface area contributed by atoms with E-state index in [4.69, 9.17) is 0 Å². The minimum atomic E-state index is -0.245. The number of pyridine rings is 2.